The highest BCUT2D eigenvalue weighted by molar-refractivity contribution is 7.90. The first-order chi connectivity index (χ1) is 10.8. The van der Waals surface area contributed by atoms with E-state index in [-0.39, 0.29) is 11.7 Å². The third-order valence-corrected chi connectivity index (χ3v) is 5.45. The predicted molar refractivity (Wildman–Crippen MR) is 90.4 cm³/mol. The Hall–Kier alpha value is -1.56. The van der Waals surface area contributed by atoms with Crippen LogP contribution in [0.4, 0.5) is 0 Å². The first kappa shape index (κ1) is 17.8. The van der Waals surface area contributed by atoms with E-state index in [2.05, 4.69) is 12.1 Å². The van der Waals surface area contributed by atoms with Crippen LogP contribution in [0.3, 0.4) is 0 Å². The quantitative estimate of drug-likeness (QED) is 0.824. The van der Waals surface area contributed by atoms with E-state index in [0.717, 1.165) is 18.6 Å². The second-order valence-corrected chi connectivity index (χ2v) is 8.55. The Morgan fingerprint density at radius 2 is 2.00 bits per heavy atom. The maximum Gasteiger partial charge on any atom is 0.226 e. The Balaban J connectivity index is 1.94. The van der Waals surface area contributed by atoms with Crippen molar-refractivity contribution in [3.63, 3.8) is 0 Å². The molecule has 128 valence electrons. The maximum atomic E-state index is 12.4. The lowest BCUT2D eigenvalue weighted by Crippen LogP contribution is -2.42. The second kappa shape index (κ2) is 7.34. The molecule has 1 fully saturated rings. The van der Waals surface area contributed by atoms with E-state index in [9.17, 15) is 13.2 Å². The van der Waals surface area contributed by atoms with Crippen LogP contribution in [0.5, 0.6) is 5.75 Å². The Kier molecular flexibility index (Phi) is 5.68. The number of nitrogens with zero attached hydrogens (tertiary/aromatic N) is 1. The Morgan fingerprint density at radius 3 is 2.57 bits per heavy atom. The Labute approximate surface area is 138 Å². The van der Waals surface area contributed by atoms with Gasteiger partial charge in [0.15, 0.2) is 0 Å². The molecule has 23 heavy (non-hydrogen) atoms. The Bertz CT molecular complexity index is 648. The number of hydrogen-bond acceptors (Lipinski definition) is 4. The van der Waals surface area contributed by atoms with Crippen molar-refractivity contribution in [2.75, 3.05) is 32.2 Å². The standard InChI is InChI=1S/C17H25NO4S/c1-13(12-23(3,20)21)17(19)18-9-7-14(8-10-18)15-5-4-6-16(11-15)22-2/h4-6,11,13-14H,7-10,12H2,1-3H3. The number of benzene rings is 1. The van der Waals surface area contributed by atoms with Crippen molar-refractivity contribution in [2.24, 2.45) is 5.92 Å². The number of amides is 1. The summed E-state index contributed by atoms with van der Waals surface area (Å²) in [6.45, 7) is 3.04. The monoisotopic (exact) mass is 339 g/mol. The number of sulfone groups is 1. The van der Waals surface area contributed by atoms with Gasteiger partial charge in [-0.25, -0.2) is 8.42 Å². The van der Waals surface area contributed by atoms with E-state index in [1.807, 2.05) is 12.1 Å². The fraction of sp³-hybridized carbons (Fsp3) is 0.588. The van der Waals surface area contributed by atoms with Crippen molar-refractivity contribution in [3.05, 3.63) is 29.8 Å². The molecule has 2 rings (SSSR count). The van der Waals surface area contributed by atoms with Crippen molar-refractivity contribution >= 4 is 15.7 Å². The number of hydrogen-bond donors (Lipinski definition) is 0. The summed E-state index contributed by atoms with van der Waals surface area (Å²) < 4.78 is 27.9. The summed E-state index contributed by atoms with van der Waals surface area (Å²) in [4.78, 5) is 14.2. The molecule has 1 aliphatic heterocycles. The molecule has 1 saturated heterocycles. The first-order valence-corrected chi connectivity index (χ1v) is 9.96. The number of carbonyl (C=O) groups is 1. The van der Waals surface area contributed by atoms with Gasteiger partial charge in [0, 0.05) is 25.3 Å². The van der Waals surface area contributed by atoms with Crippen LogP contribution in [0.15, 0.2) is 24.3 Å². The van der Waals surface area contributed by atoms with Gasteiger partial charge in [0.1, 0.15) is 15.6 Å². The number of carbonyl (C=O) groups excluding carboxylic acids is 1. The van der Waals surface area contributed by atoms with E-state index in [4.69, 9.17) is 4.74 Å². The number of likely N-dealkylation sites (tertiary alicyclic amines) is 1. The van der Waals surface area contributed by atoms with Crippen LogP contribution in [0.2, 0.25) is 0 Å². The summed E-state index contributed by atoms with van der Waals surface area (Å²) in [5, 5.41) is 0. The highest BCUT2D eigenvalue weighted by Gasteiger charge is 2.28. The van der Waals surface area contributed by atoms with Crippen LogP contribution in [0, 0.1) is 5.92 Å². The predicted octanol–water partition coefficient (Wildman–Crippen LogP) is 2.08. The van der Waals surface area contributed by atoms with Crippen molar-refractivity contribution in [2.45, 2.75) is 25.7 Å². The van der Waals surface area contributed by atoms with E-state index >= 15 is 0 Å². The molecule has 1 unspecified atom stereocenters. The van der Waals surface area contributed by atoms with Crippen LogP contribution < -0.4 is 4.74 Å². The van der Waals surface area contributed by atoms with E-state index in [1.165, 1.54) is 11.8 Å². The smallest absolute Gasteiger partial charge is 0.226 e. The van der Waals surface area contributed by atoms with Crippen molar-refractivity contribution < 1.29 is 17.9 Å². The van der Waals surface area contributed by atoms with Crippen LogP contribution in [-0.2, 0) is 14.6 Å². The molecular weight excluding hydrogens is 314 g/mol. The van der Waals surface area contributed by atoms with E-state index in [0.29, 0.717) is 19.0 Å². The average molecular weight is 339 g/mol. The molecule has 1 atom stereocenters. The minimum Gasteiger partial charge on any atom is -0.497 e. The van der Waals surface area contributed by atoms with Crippen molar-refractivity contribution in [3.8, 4) is 5.75 Å². The molecule has 0 radical (unpaired) electrons. The van der Waals surface area contributed by atoms with Gasteiger partial charge in [-0.05, 0) is 36.5 Å². The first-order valence-electron chi connectivity index (χ1n) is 7.90. The van der Waals surface area contributed by atoms with Gasteiger partial charge in [-0.1, -0.05) is 19.1 Å². The van der Waals surface area contributed by atoms with Crippen LogP contribution in [0.25, 0.3) is 0 Å². The molecule has 1 aromatic rings. The molecule has 0 aromatic heterocycles. The van der Waals surface area contributed by atoms with Gasteiger partial charge in [0.05, 0.1) is 12.9 Å². The summed E-state index contributed by atoms with van der Waals surface area (Å²) in [5.41, 5.74) is 1.24. The lowest BCUT2D eigenvalue weighted by atomic mass is 9.89. The van der Waals surface area contributed by atoms with Crippen molar-refractivity contribution in [1.29, 1.82) is 0 Å². The average Bonchev–Trinajstić information content (AvgIpc) is 2.53. The van der Waals surface area contributed by atoms with Gasteiger partial charge in [-0.15, -0.1) is 0 Å². The SMILES string of the molecule is COc1cccc(C2CCN(C(=O)C(C)CS(C)(=O)=O)CC2)c1. The summed E-state index contributed by atoms with van der Waals surface area (Å²) in [6, 6.07) is 8.06. The molecule has 1 aliphatic rings. The third-order valence-electron chi connectivity index (χ3n) is 4.35. The fourth-order valence-corrected chi connectivity index (χ4v) is 4.22. The largest absolute Gasteiger partial charge is 0.497 e. The molecule has 1 aromatic carbocycles. The zero-order valence-corrected chi connectivity index (χ0v) is 14.8. The normalized spacial score (nSPS) is 17.8. The van der Waals surface area contributed by atoms with E-state index < -0.39 is 15.8 Å². The molecular formula is C17H25NO4S. The lowest BCUT2D eigenvalue weighted by Gasteiger charge is -2.33. The third kappa shape index (κ3) is 4.96. The minimum atomic E-state index is -3.13. The topological polar surface area (TPSA) is 63.7 Å². The number of piperidine rings is 1. The fourth-order valence-electron chi connectivity index (χ4n) is 3.17. The molecule has 5 nitrogen and oxygen atoms in total. The highest BCUT2D eigenvalue weighted by Crippen LogP contribution is 2.30. The van der Waals surface area contributed by atoms with E-state index in [1.54, 1.807) is 18.9 Å². The summed E-state index contributed by atoms with van der Waals surface area (Å²) >= 11 is 0. The number of methoxy groups -OCH3 is 1. The van der Waals surface area contributed by atoms with Gasteiger partial charge >= 0.3 is 0 Å². The van der Waals surface area contributed by atoms with Gasteiger partial charge in [0.2, 0.25) is 5.91 Å². The van der Waals surface area contributed by atoms with Gasteiger partial charge in [0.25, 0.3) is 0 Å². The van der Waals surface area contributed by atoms with Gasteiger partial charge in [-0.3, -0.25) is 4.79 Å². The molecule has 0 spiro atoms. The summed E-state index contributed by atoms with van der Waals surface area (Å²) in [5.74, 6) is 0.654. The van der Waals surface area contributed by atoms with Gasteiger partial charge < -0.3 is 9.64 Å². The second-order valence-electron chi connectivity index (χ2n) is 6.37. The highest BCUT2D eigenvalue weighted by atomic mass is 32.2. The minimum absolute atomic E-state index is 0.0560. The summed E-state index contributed by atoms with van der Waals surface area (Å²) in [7, 11) is -1.47. The maximum absolute atomic E-state index is 12.4. The van der Waals surface area contributed by atoms with Crippen LogP contribution in [0.1, 0.15) is 31.2 Å². The molecule has 0 saturated carbocycles. The van der Waals surface area contributed by atoms with Crippen LogP contribution >= 0.6 is 0 Å². The molecule has 1 amide bonds. The Morgan fingerprint density at radius 1 is 1.35 bits per heavy atom. The summed E-state index contributed by atoms with van der Waals surface area (Å²) in [6.07, 6.45) is 2.96. The number of rotatable bonds is 5. The van der Waals surface area contributed by atoms with Gasteiger partial charge in [-0.2, -0.15) is 0 Å². The molecule has 0 N–H and O–H groups in total. The zero-order valence-electron chi connectivity index (χ0n) is 14.0. The number of ether oxygens (including phenoxy) is 1. The molecule has 6 heteroatoms. The zero-order chi connectivity index (χ0) is 17.0. The molecule has 0 bridgehead atoms. The van der Waals surface area contributed by atoms with Crippen molar-refractivity contribution in [1.82, 2.24) is 4.90 Å². The molecule has 1 heterocycles. The lowest BCUT2D eigenvalue weighted by molar-refractivity contribution is -0.135. The van der Waals surface area contributed by atoms with Crippen LogP contribution in [-0.4, -0.2) is 51.4 Å². The molecule has 0 aliphatic carbocycles.